The van der Waals surface area contributed by atoms with Gasteiger partial charge in [0.15, 0.2) is 0 Å². The van der Waals surface area contributed by atoms with E-state index in [0.29, 0.717) is 16.2 Å². The maximum absolute atomic E-state index is 12.6. The van der Waals surface area contributed by atoms with Gasteiger partial charge in [0, 0.05) is 28.6 Å². The van der Waals surface area contributed by atoms with Crippen LogP contribution in [0.3, 0.4) is 0 Å². The van der Waals surface area contributed by atoms with E-state index in [1.54, 1.807) is 24.5 Å². The fourth-order valence-electron chi connectivity index (χ4n) is 2.29. The molecular weight excluding hydrogens is 422 g/mol. The monoisotopic (exact) mass is 435 g/mol. The van der Waals surface area contributed by atoms with E-state index >= 15 is 0 Å². The summed E-state index contributed by atoms with van der Waals surface area (Å²) >= 11 is 9.32. The number of pyridine rings is 2. The van der Waals surface area contributed by atoms with Gasteiger partial charge in [-0.2, -0.15) is 4.98 Å². The van der Waals surface area contributed by atoms with Crippen LogP contribution in [0.1, 0.15) is 36.1 Å². The minimum atomic E-state index is -0.476. The molecule has 0 radical (unpaired) electrons. The Bertz CT molecular complexity index is 917. The summed E-state index contributed by atoms with van der Waals surface area (Å²) in [6.07, 6.45) is 4.83. The van der Waals surface area contributed by atoms with Crippen molar-refractivity contribution >= 4 is 33.4 Å². The van der Waals surface area contributed by atoms with Crippen molar-refractivity contribution in [1.82, 2.24) is 25.4 Å². The molecule has 134 valence electrons. The zero-order valence-corrected chi connectivity index (χ0v) is 16.3. The summed E-state index contributed by atoms with van der Waals surface area (Å²) in [5.41, 5.74) is 0.995. The van der Waals surface area contributed by atoms with Crippen molar-refractivity contribution in [3.05, 3.63) is 57.9 Å². The first-order valence-electron chi connectivity index (χ1n) is 7.81. The average Bonchev–Trinajstić information content (AvgIpc) is 3.11. The van der Waals surface area contributed by atoms with Gasteiger partial charge in [-0.1, -0.05) is 30.6 Å². The van der Waals surface area contributed by atoms with Crippen LogP contribution in [0.15, 0.2) is 45.8 Å². The standard InChI is InChI=1S/C17H15BrClN5O2/c1-9(2)13(22-16(25)12-6-11(18)8-21-14(12)19)17-23-15(24-26-17)10-4-3-5-20-7-10/h3-9,13H,1-2H3,(H,22,25). The Labute approximate surface area is 163 Å². The van der Waals surface area contributed by atoms with Gasteiger partial charge in [0.2, 0.25) is 11.7 Å². The third kappa shape index (κ3) is 4.08. The molecule has 0 aliphatic carbocycles. The largest absolute Gasteiger partial charge is 0.340 e. The van der Waals surface area contributed by atoms with Crippen LogP contribution in [0.4, 0.5) is 0 Å². The summed E-state index contributed by atoms with van der Waals surface area (Å²) < 4.78 is 6.03. The Morgan fingerprint density at radius 3 is 2.85 bits per heavy atom. The van der Waals surface area contributed by atoms with Gasteiger partial charge in [0.1, 0.15) is 11.2 Å². The molecule has 3 rings (SSSR count). The zero-order valence-electron chi connectivity index (χ0n) is 14.0. The number of halogens is 2. The molecule has 9 heteroatoms. The highest BCUT2D eigenvalue weighted by Gasteiger charge is 2.26. The van der Waals surface area contributed by atoms with Crippen LogP contribution >= 0.6 is 27.5 Å². The fourth-order valence-corrected chi connectivity index (χ4v) is 2.81. The van der Waals surface area contributed by atoms with E-state index < -0.39 is 6.04 Å². The van der Waals surface area contributed by atoms with E-state index in [2.05, 4.69) is 41.4 Å². The van der Waals surface area contributed by atoms with Crippen molar-refractivity contribution in [2.45, 2.75) is 19.9 Å². The molecule has 0 aliphatic heterocycles. The van der Waals surface area contributed by atoms with Crippen molar-refractivity contribution in [3.8, 4) is 11.4 Å². The number of hydrogen-bond acceptors (Lipinski definition) is 6. The van der Waals surface area contributed by atoms with E-state index in [1.807, 2.05) is 19.9 Å². The molecule has 3 heterocycles. The van der Waals surface area contributed by atoms with E-state index in [9.17, 15) is 4.79 Å². The second-order valence-corrected chi connectivity index (χ2v) is 7.16. The Kier molecular flexibility index (Phi) is 5.63. The number of carbonyl (C=O) groups is 1. The third-order valence-corrected chi connectivity index (χ3v) is 4.37. The highest BCUT2D eigenvalue weighted by Crippen LogP contribution is 2.25. The topological polar surface area (TPSA) is 93.8 Å². The van der Waals surface area contributed by atoms with Crippen LogP contribution in [0.2, 0.25) is 5.15 Å². The molecule has 0 fully saturated rings. The molecule has 1 amide bonds. The second-order valence-electron chi connectivity index (χ2n) is 5.88. The predicted octanol–water partition coefficient (Wildman–Crippen LogP) is 4.07. The van der Waals surface area contributed by atoms with Gasteiger partial charge in [-0.15, -0.1) is 0 Å². The van der Waals surface area contributed by atoms with Gasteiger partial charge in [-0.25, -0.2) is 4.98 Å². The molecule has 0 aromatic carbocycles. The number of amides is 1. The lowest BCUT2D eigenvalue weighted by molar-refractivity contribution is 0.0913. The van der Waals surface area contributed by atoms with Gasteiger partial charge in [-0.05, 0) is 40.0 Å². The summed E-state index contributed by atoms with van der Waals surface area (Å²) in [7, 11) is 0. The number of carbonyl (C=O) groups excluding carboxylic acids is 1. The summed E-state index contributed by atoms with van der Waals surface area (Å²) in [5.74, 6) is 0.366. The first-order chi connectivity index (χ1) is 12.5. The van der Waals surface area contributed by atoms with E-state index in [1.165, 1.54) is 6.20 Å². The zero-order chi connectivity index (χ0) is 18.7. The molecule has 0 saturated heterocycles. The van der Waals surface area contributed by atoms with Gasteiger partial charge in [0.05, 0.1) is 5.56 Å². The molecule has 1 atom stereocenters. The minimum Gasteiger partial charge on any atom is -0.340 e. The lowest BCUT2D eigenvalue weighted by Gasteiger charge is -2.18. The van der Waals surface area contributed by atoms with E-state index in [0.717, 1.165) is 5.56 Å². The van der Waals surface area contributed by atoms with Gasteiger partial charge >= 0.3 is 0 Å². The molecule has 26 heavy (non-hydrogen) atoms. The minimum absolute atomic E-state index is 0.0139. The van der Waals surface area contributed by atoms with Crippen molar-refractivity contribution in [1.29, 1.82) is 0 Å². The molecule has 0 bridgehead atoms. The molecular formula is C17H15BrClN5O2. The summed E-state index contributed by atoms with van der Waals surface area (Å²) in [6, 6.07) is 4.75. The molecule has 1 N–H and O–H groups in total. The Balaban J connectivity index is 1.85. The summed E-state index contributed by atoms with van der Waals surface area (Å²) in [5, 5.41) is 6.98. The summed E-state index contributed by atoms with van der Waals surface area (Å²) in [6.45, 7) is 3.89. The number of rotatable bonds is 5. The maximum Gasteiger partial charge on any atom is 0.255 e. The van der Waals surface area contributed by atoms with Gasteiger partial charge in [-0.3, -0.25) is 9.78 Å². The maximum atomic E-state index is 12.6. The highest BCUT2D eigenvalue weighted by atomic mass is 79.9. The molecule has 1 unspecified atom stereocenters. The molecule has 0 saturated carbocycles. The first-order valence-corrected chi connectivity index (χ1v) is 8.98. The van der Waals surface area contributed by atoms with E-state index in [4.69, 9.17) is 16.1 Å². The van der Waals surface area contributed by atoms with Crippen LogP contribution in [-0.2, 0) is 0 Å². The first kappa shape index (κ1) is 18.5. The van der Waals surface area contributed by atoms with Crippen LogP contribution in [0, 0.1) is 5.92 Å². The molecule has 7 nitrogen and oxygen atoms in total. The van der Waals surface area contributed by atoms with E-state index in [-0.39, 0.29) is 22.5 Å². The smallest absolute Gasteiger partial charge is 0.255 e. The van der Waals surface area contributed by atoms with Crippen LogP contribution < -0.4 is 5.32 Å². The quantitative estimate of drug-likeness (QED) is 0.606. The number of aromatic nitrogens is 4. The van der Waals surface area contributed by atoms with Crippen molar-refractivity contribution in [2.75, 3.05) is 0 Å². The SMILES string of the molecule is CC(C)C(NC(=O)c1cc(Br)cnc1Cl)c1nc(-c2cccnc2)no1. The van der Waals surface area contributed by atoms with Gasteiger partial charge < -0.3 is 9.84 Å². The van der Waals surface area contributed by atoms with Crippen LogP contribution in [0.25, 0.3) is 11.4 Å². The predicted molar refractivity (Wildman–Crippen MR) is 99.5 cm³/mol. The molecule has 3 aromatic heterocycles. The number of nitrogens with zero attached hydrogens (tertiary/aromatic N) is 4. The lowest BCUT2D eigenvalue weighted by atomic mass is 10.0. The van der Waals surface area contributed by atoms with Crippen LogP contribution in [0.5, 0.6) is 0 Å². The lowest BCUT2D eigenvalue weighted by Crippen LogP contribution is -2.32. The average molecular weight is 437 g/mol. The second kappa shape index (κ2) is 7.92. The number of hydrogen-bond donors (Lipinski definition) is 1. The Morgan fingerprint density at radius 2 is 2.15 bits per heavy atom. The summed E-state index contributed by atoms with van der Waals surface area (Å²) in [4.78, 5) is 25.0. The van der Waals surface area contributed by atoms with Crippen molar-refractivity contribution < 1.29 is 9.32 Å². The normalized spacial score (nSPS) is 12.2. The number of nitrogens with one attached hydrogen (secondary N) is 1. The fraction of sp³-hybridized carbons (Fsp3) is 0.235. The Hall–Kier alpha value is -2.32. The van der Waals surface area contributed by atoms with Crippen molar-refractivity contribution in [2.24, 2.45) is 5.92 Å². The molecule has 3 aromatic rings. The molecule has 0 aliphatic rings. The van der Waals surface area contributed by atoms with Crippen molar-refractivity contribution in [3.63, 3.8) is 0 Å². The highest BCUT2D eigenvalue weighted by molar-refractivity contribution is 9.10. The Morgan fingerprint density at radius 1 is 1.35 bits per heavy atom. The van der Waals surface area contributed by atoms with Gasteiger partial charge in [0.25, 0.3) is 5.91 Å². The van der Waals surface area contributed by atoms with Crippen LogP contribution in [-0.4, -0.2) is 26.0 Å². The third-order valence-electron chi connectivity index (χ3n) is 3.63. The molecule has 0 spiro atoms.